The Balaban J connectivity index is 4.19. The lowest BCUT2D eigenvalue weighted by Gasteiger charge is -2.34. The molecule has 0 heterocycles. The SMILES string of the molecule is CCCCCCCCC/C=C\CCCCCCCC(=O)OCC(COCCC(C(=O)[O-])[N+](C)(C)C)OC(=O)CCCCCCCCCCCCC/C=C\CCCCCCCCCC. The van der Waals surface area contributed by atoms with Gasteiger partial charge in [0.25, 0.3) is 0 Å². The molecule has 63 heavy (non-hydrogen) atoms. The molecule has 2 unspecified atom stereocenters. The Kier molecular flexibility index (Phi) is 44.7. The maximum absolute atomic E-state index is 12.8. The van der Waals surface area contributed by atoms with Gasteiger partial charge in [-0.2, -0.15) is 0 Å². The summed E-state index contributed by atoms with van der Waals surface area (Å²) < 4.78 is 17.3. The van der Waals surface area contributed by atoms with Crippen LogP contribution >= 0.6 is 0 Å². The van der Waals surface area contributed by atoms with E-state index in [1.54, 1.807) is 0 Å². The average molecular weight is 890 g/mol. The fourth-order valence-corrected chi connectivity index (χ4v) is 8.12. The highest BCUT2D eigenvalue weighted by Gasteiger charge is 2.25. The van der Waals surface area contributed by atoms with Crippen LogP contribution in [0.25, 0.3) is 0 Å². The van der Waals surface area contributed by atoms with Crippen molar-refractivity contribution in [3.63, 3.8) is 0 Å². The molecule has 0 saturated heterocycles. The second kappa shape index (κ2) is 46.3. The number of aliphatic carboxylic acids is 1. The number of esters is 2. The van der Waals surface area contributed by atoms with Gasteiger partial charge in [0, 0.05) is 19.3 Å². The largest absolute Gasteiger partial charge is 0.544 e. The summed E-state index contributed by atoms with van der Waals surface area (Å²) in [5.74, 6) is -1.73. The summed E-state index contributed by atoms with van der Waals surface area (Å²) in [6.07, 6.45) is 53.5. The van der Waals surface area contributed by atoms with Crippen LogP contribution in [0.1, 0.15) is 258 Å². The van der Waals surface area contributed by atoms with Crippen molar-refractivity contribution in [1.82, 2.24) is 0 Å². The van der Waals surface area contributed by atoms with Crippen LogP contribution in [-0.4, -0.2) is 75.5 Å². The van der Waals surface area contributed by atoms with Crippen molar-refractivity contribution in [2.45, 2.75) is 270 Å². The number of allylic oxidation sites excluding steroid dienone is 4. The van der Waals surface area contributed by atoms with Crippen molar-refractivity contribution in [1.29, 1.82) is 0 Å². The molecule has 0 saturated carbocycles. The van der Waals surface area contributed by atoms with Crippen LogP contribution in [0.15, 0.2) is 24.3 Å². The molecular formula is C55H103NO7. The number of carboxylic acid groups (broad SMARTS) is 1. The number of nitrogens with zero attached hydrogens (tertiary/aromatic N) is 1. The first-order chi connectivity index (χ1) is 30.6. The Morgan fingerprint density at radius 1 is 0.460 bits per heavy atom. The Morgan fingerprint density at radius 3 is 1.14 bits per heavy atom. The summed E-state index contributed by atoms with van der Waals surface area (Å²) in [6, 6.07) is -0.725. The molecule has 0 aliphatic rings. The maximum atomic E-state index is 12.8. The Morgan fingerprint density at radius 2 is 0.794 bits per heavy atom. The fourth-order valence-electron chi connectivity index (χ4n) is 8.12. The summed E-state index contributed by atoms with van der Waals surface area (Å²) >= 11 is 0. The molecule has 2 atom stereocenters. The normalized spacial score (nSPS) is 13.0. The predicted molar refractivity (Wildman–Crippen MR) is 264 cm³/mol. The maximum Gasteiger partial charge on any atom is 0.306 e. The zero-order valence-corrected chi connectivity index (χ0v) is 42.3. The first kappa shape index (κ1) is 60.8. The molecule has 0 amide bonds. The highest BCUT2D eigenvalue weighted by atomic mass is 16.6. The second-order valence-corrected chi connectivity index (χ2v) is 19.5. The number of carbonyl (C=O) groups excluding carboxylic acids is 3. The number of ether oxygens (including phenoxy) is 3. The molecule has 0 aromatic rings. The Bertz CT molecular complexity index is 1080. The molecule has 0 rings (SSSR count). The summed E-state index contributed by atoms with van der Waals surface area (Å²) in [6.45, 7) is 4.69. The molecule has 0 bridgehead atoms. The minimum Gasteiger partial charge on any atom is -0.544 e. The molecular weight excluding hydrogens is 787 g/mol. The van der Waals surface area contributed by atoms with Crippen LogP contribution in [0.2, 0.25) is 0 Å². The number of carbonyl (C=O) groups is 3. The van der Waals surface area contributed by atoms with E-state index < -0.39 is 18.1 Å². The van der Waals surface area contributed by atoms with Crippen LogP contribution < -0.4 is 5.11 Å². The van der Waals surface area contributed by atoms with Gasteiger partial charge in [0.15, 0.2) is 6.10 Å². The minimum atomic E-state index is -1.12. The van der Waals surface area contributed by atoms with E-state index >= 15 is 0 Å². The Hall–Kier alpha value is -2.19. The standard InChI is InChI=1S/C55H103NO7/c1-6-8-10-12-14-16-18-20-22-24-25-26-27-28-29-30-32-34-36-38-40-42-44-46-54(58)63-51(49-61-48-47-52(55(59)60)56(3,4)5)50-62-53(57)45-43-41-39-37-35-33-31-23-21-19-17-15-13-11-9-7-2/h23-25,31,51-52H,6-22,26-30,32-50H2,1-5H3/b25-24-,31-23-. The minimum absolute atomic E-state index is 0.0415. The molecule has 0 spiro atoms. The van der Waals surface area contributed by atoms with Gasteiger partial charge in [0.2, 0.25) is 0 Å². The smallest absolute Gasteiger partial charge is 0.306 e. The third kappa shape index (κ3) is 44.8. The summed E-state index contributed by atoms with van der Waals surface area (Å²) in [5, 5.41) is 11.7. The number of likely N-dealkylation sites (N-methyl/N-ethyl adjacent to an activating group) is 1. The third-order valence-corrected chi connectivity index (χ3v) is 12.3. The predicted octanol–water partition coefficient (Wildman–Crippen LogP) is 14.3. The van der Waals surface area contributed by atoms with Gasteiger partial charge in [-0.1, -0.05) is 199 Å². The van der Waals surface area contributed by atoms with E-state index in [1.165, 1.54) is 173 Å². The second-order valence-electron chi connectivity index (χ2n) is 19.5. The van der Waals surface area contributed by atoms with Gasteiger partial charge in [-0.15, -0.1) is 0 Å². The van der Waals surface area contributed by atoms with Gasteiger partial charge in [-0.25, -0.2) is 0 Å². The quantitative estimate of drug-likeness (QED) is 0.0259. The number of carboxylic acids is 1. The number of rotatable bonds is 49. The molecule has 8 heteroatoms. The Labute approximate surface area is 390 Å². The third-order valence-electron chi connectivity index (χ3n) is 12.3. The van der Waals surface area contributed by atoms with Gasteiger partial charge < -0.3 is 28.6 Å². The highest BCUT2D eigenvalue weighted by molar-refractivity contribution is 5.70. The van der Waals surface area contributed by atoms with E-state index in [4.69, 9.17) is 14.2 Å². The van der Waals surface area contributed by atoms with E-state index in [2.05, 4.69) is 38.2 Å². The van der Waals surface area contributed by atoms with Crippen LogP contribution in [0.5, 0.6) is 0 Å². The topological polar surface area (TPSA) is 102 Å². The van der Waals surface area contributed by atoms with Gasteiger partial charge in [0.1, 0.15) is 12.6 Å². The highest BCUT2D eigenvalue weighted by Crippen LogP contribution is 2.16. The van der Waals surface area contributed by atoms with Gasteiger partial charge in [-0.05, 0) is 64.2 Å². The molecule has 0 radical (unpaired) electrons. The number of quaternary nitrogens is 1. The fraction of sp³-hybridized carbons (Fsp3) is 0.873. The number of hydrogen-bond donors (Lipinski definition) is 0. The van der Waals surface area contributed by atoms with Gasteiger partial charge in [0.05, 0.1) is 40.3 Å². The monoisotopic (exact) mass is 890 g/mol. The first-order valence-electron chi connectivity index (χ1n) is 26.9. The average Bonchev–Trinajstić information content (AvgIpc) is 3.24. The van der Waals surface area contributed by atoms with Crippen molar-refractivity contribution in [2.75, 3.05) is 41.0 Å². The zero-order valence-electron chi connectivity index (χ0n) is 42.3. The molecule has 370 valence electrons. The molecule has 0 N–H and O–H groups in total. The molecule has 8 nitrogen and oxygen atoms in total. The van der Waals surface area contributed by atoms with E-state index in [9.17, 15) is 19.5 Å². The molecule has 0 aromatic heterocycles. The van der Waals surface area contributed by atoms with Crippen molar-refractivity contribution in [2.24, 2.45) is 0 Å². The summed E-state index contributed by atoms with van der Waals surface area (Å²) in [5.41, 5.74) is 0. The molecule has 0 aromatic carbocycles. The van der Waals surface area contributed by atoms with E-state index in [-0.39, 0.29) is 42.7 Å². The van der Waals surface area contributed by atoms with Crippen LogP contribution in [0.3, 0.4) is 0 Å². The van der Waals surface area contributed by atoms with E-state index in [0.29, 0.717) is 12.8 Å². The van der Waals surface area contributed by atoms with Crippen molar-refractivity contribution >= 4 is 17.9 Å². The summed E-state index contributed by atoms with van der Waals surface area (Å²) in [4.78, 5) is 37.0. The van der Waals surface area contributed by atoms with Gasteiger partial charge >= 0.3 is 11.9 Å². The lowest BCUT2D eigenvalue weighted by atomic mass is 10.0. The summed E-state index contributed by atoms with van der Waals surface area (Å²) in [7, 11) is 5.42. The van der Waals surface area contributed by atoms with Crippen molar-refractivity contribution in [3.05, 3.63) is 24.3 Å². The van der Waals surface area contributed by atoms with Gasteiger partial charge in [-0.3, -0.25) is 9.59 Å². The lowest BCUT2D eigenvalue weighted by molar-refractivity contribution is -0.889. The van der Waals surface area contributed by atoms with E-state index in [1.807, 2.05) is 21.1 Å². The van der Waals surface area contributed by atoms with E-state index in [0.717, 1.165) is 51.4 Å². The molecule has 0 aliphatic heterocycles. The van der Waals surface area contributed by atoms with Crippen LogP contribution in [0.4, 0.5) is 0 Å². The first-order valence-corrected chi connectivity index (χ1v) is 26.9. The zero-order chi connectivity index (χ0) is 46.3. The van der Waals surface area contributed by atoms with Crippen molar-refractivity contribution < 1.29 is 38.2 Å². The van der Waals surface area contributed by atoms with Crippen molar-refractivity contribution in [3.8, 4) is 0 Å². The van der Waals surface area contributed by atoms with Crippen LogP contribution in [-0.2, 0) is 28.6 Å². The van der Waals surface area contributed by atoms with Crippen LogP contribution in [0, 0.1) is 0 Å². The number of hydrogen-bond acceptors (Lipinski definition) is 7. The lowest BCUT2D eigenvalue weighted by Crippen LogP contribution is -2.55. The number of unbranched alkanes of at least 4 members (excludes halogenated alkanes) is 31. The molecule has 0 aliphatic carbocycles. The molecule has 0 fully saturated rings.